The van der Waals surface area contributed by atoms with Crippen LogP contribution < -0.4 is 11.0 Å². The number of hydrogen-bond acceptors (Lipinski definition) is 3. The number of imidazole rings is 1. The largest absolute Gasteiger partial charge is 0.389 e. The monoisotopic (exact) mass is 309 g/mol. The van der Waals surface area contributed by atoms with Gasteiger partial charge in [-0.15, -0.1) is 0 Å². The van der Waals surface area contributed by atoms with Gasteiger partial charge in [0.15, 0.2) is 0 Å². The van der Waals surface area contributed by atoms with Crippen LogP contribution in [0.2, 0.25) is 0 Å². The summed E-state index contributed by atoms with van der Waals surface area (Å²) in [6.45, 7) is 0.854. The molecule has 1 unspecified atom stereocenters. The van der Waals surface area contributed by atoms with Crippen molar-refractivity contribution in [1.29, 1.82) is 0 Å². The number of hydrogen-bond donors (Lipinski definition) is 2. The third-order valence-corrected chi connectivity index (χ3v) is 4.65. The summed E-state index contributed by atoms with van der Waals surface area (Å²) < 4.78 is 3.49. The van der Waals surface area contributed by atoms with E-state index >= 15 is 0 Å². The van der Waals surface area contributed by atoms with E-state index in [0.717, 1.165) is 22.2 Å². The molecule has 0 spiro atoms. The van der Waals surface area contributed by atoms with Crippen molar-refractivity contribution in [1.82, 2.24) is 14.5 Å². The Balaban J connectivity index is 1.94. The van der Waals surface area contributed by atoms with Gasteiger partial charge in [-0.1, -0.05) is 42.5 Å². The Bertz CT molecular complexity index is 911. The predicted molar refractivity (Wildman–Crippen MR) is 89.5 cm³/mol. The number of likely N-dealkylation sites (N-methyl/N-ethyl adjacent to an activating group) is 1. The van der Waals surface area contributed by atoms with Crippen molar-refractivity contribution >= 4 is 11.0 Å². The second-order valence-electron chi connectivity index (χ2n) is 6.01. The Hall–Kier alpha value is -2.37. The molecule has 23 heavy (non-hydrogen) atoms. The maximum Gasteiger partial charge on any atom is 0.329 e. The number of rotatable bonds is 3. The Morgan fingerprint density at radius 3 is 2.70 bits per heavy atom. The molecule has 2 aromatic carbocycles. The number of aromatic nitrogens is 2. The minimum absolute atomic E-state index is 0.0649. The summed E-state index contributed by atoms with van der Waals surface area (Å²) in [6, 6.07) is 15.7. The zero-order valence-corrected chi connectivity index (χ0v) is 12.9. The highest BCUT2D eigenvalue weighted by atomic mass is 16.3. The topological polar surface area (TPSA) is 59.2 Å². The third-order valence-electron chi connectivity index (χ3n) is 4.65. The molecule has 0 amide bonds. The van der Waals surface area contributed by atoms with E-state index in [2.05, 4.69) is 5.32 Å². The van der Waals surface area contributed by atoms with Crippen molar-refractivity contribution in [3.05, 3.63) is 70.1 Å². The zero-order chi connectivity index (χ0) is 16.0. The van der Waals surface area contributed by atoms with Crippen molar-refractivity contribution < 1.29 is 5.11 Å². The predicted octanol–water partition coefficient (Wildman–Crippen LogP) is 1.49. The molecule has 0 saturated carbocycles. The molecule has 0 saturated heterocycles. The van der Waals surface area contributed by atoms with E-state index in [1.165, 1.54) is 0 Å². The lowest BCUT2D eigenvalue weighted by atomic mass is 9.96. The second kappa shape index (κ2) is 5.37. The molecular formula is C18H19N3O2. The van der Waals surface area contributed by atoms with Crippen LogP contribution in [0.25, 0.3) is 11.0 Å². The normalized spacial score (nSPS) is 20.1. The lowest BCUT2D eigenvalue weighted by molar-refractivity contribution is 0.107. The number of para-hydroxylation sites is 1. The Morgan fingerprint density at radius 1 is 1.17 bits per heavy atom. The standard InChI is InChI=1S/C18H19N3O2/c1-19-16-13-8-5-9-14-17(13)21(11-15(16)22)18(23)20(14)10-12-6-3-2-4-7-12/h2-9,15-16,19,22H,10-11H2,1H3/t15-,16?/m1/s1. The maximum absolute atomic E-state index is 12.8. The molecule has 118 valence electrons. The quantitative estimate of drug-likeness (QED) is 0.770. The summed E-state index contributed by atoms with van der Waals surface area (Å²) >= 11 is 0. The average molecular weight is 309 g/mol. The molecule has 0 aliphatic carbocycles. The fourth-order valence-electron chi connectivity index (χ4n) is 3.59. The lowest BCUT2D eigenvalue weighted by Gasteiger charge is -2.28. The first-order valence-electron chi connectivity index (χ1n) is 7.82. The first-order valence-corrected chi connectivity index (χ1v) is 7.82. The zero-order valence-electron chi connectivity index (χ0n) is 12.9. The van der Waals surface area contributed by atoms with E-state index in [1.54, 1.807) is 9.13 Å². The van der Waals surface area contributed by atoms with E-state index in [1.807, 2.05) is 55.6 Å². The van der Waals surface area contributed by atoms with Crippen molar-refractivity contribution in [3.63, 3.8) is 0 Å². The van der Waals surface area contributed by atoms with E-state index in [4.69, 9.17) is 0 Å². The molecule has 1 aliphatic rings. The van der Waals surface area contributed by atoms with Gasteiger partial charge in [-0.05, 0) is 24.2 Å². The first kappa shape index (κ1) is 14.2. The molecule has 2 heterocycles. The van der Waals surface area contributed by atoms with Gasteiger partial charge < -0.3 is 10.4 Å². The van der Waals surface area contributed by atoms with Gasteiger partial charge >= 0.3 is 5.69 Å². The molecule has 2 N–H and O–H groups in total. The molecular weight excluding hydrogens is 290 g/mol. The van der Waals surface area contributed by atoms with E-state index < -0.39 is 6.10 Å². The van der Waals surface area contributed by atoms with Crippen LogP contribution in [0, 0.1) is 0 Å². The van der Waals surface area contributed by atoms with Crippen LogP contribution in [0.4, 0.5) is 0 Å². The number of nitrogens with one attached hydrogen (secondary N) is 1. The Kier molecular flexibility index (Phi) is 3.32. The van der Waals surface area contributed by atoms with Crippen molar-refractivity contribution in [3.8, 4) is 0 Å². The Labute approximate surface area is 133 Å². The maximum atomic E-state index is 12.8. The SMILES string of the molecule is CNC1c2cccc3c2n(c(=O)n3Cc2ccccc2)C[C@H]1O. The molecule has 0 radical (unpaired) electrons. The minimum Gasteiger partial charge on any atom is -0.389 e. The van der Waals surface area contributed by atoms with Crippen molar-refractivity contribution in [2.45, 2.75) is 25.2 Å². The molecule has 3 aromatic rings. The molecule has 5 heteroatoms. The highest BCUT2D eigenvalue weighted by Crippen LogP contribution is 2.31. The smallest absolute Gasteiger partial charge is 0.329 e. The molecule has 1 aromatic heterocycles. The minimum atomic E-state index is -0.608. The van der Waals surface area contributed by atoms with Gasteiger partial charge in [-0.2, -0.15) is 0 Å². The van der Waals surface area contributed by atoms with Gasteiger partial charge in [0, 0.05) is 0 Å². The summed E-state index contributed by atoms with van der Waals surface area (Å²) in [5.74, 6) is 0. The fourth-order valence-corrected chi connectivity index (χ4v) is 3.59. The van der Waals surface area contributed by atoms with E-state index in [0.29, 0.717) is 13.1 Å². The summed E-state index contributed by atoms with van der Waals surface area (Å²) in [6.07, 6.45) is -0.608. The van der Waals surface area contributed by atoms with Crippen LogP contribution in [0.5, 0.6) is 0 Å². The molecule has 4 rings (SSSR count). The van der Waals surface area contributed by atoms with Gasteiger partial charge in [-0.25, -0.2) is 4.79 Å². The van der Waals surface area contributed by atoms with Crippen LogP contribution in [-0.2, 0) is 13.1 Å². The van der Waals surface area contributed by atoms with E-state index in [9.17, 15) is 9.90 Å². The molecule has 0 bridgehead atoms. The van der Waals surface area contributed by atoms with Gasteiger partial charge in [0.1, 0.15) is 0 Å². The second-order valence-corrected chi connectivity index (χ2v) is 6.01. The van der Waals surface area contributed by atoms with Crippen LogP contribution in [0.1, 0.15) is 17.2 Å². The highest BCUT2D eigenvalue weighted by molar-refractivity contribution is 5.81. The van der Waals surface area contributed by atoms with Gasteiger partial charge in [0.05, 0.1) is 36.3 Å². The number of nitrogens with zero attached hydrogens (tertiary/aromatic N) is 2. The van der Waals surface area contributed by atoms with Gasteiger partial charge in [0.25, 0.3) is 0 Å². The highest BCUT2D eigenvalue weighted by Gasteiger charge is 2.31. The van der Waals surface area contributed by atoms with Crippen LogP contribution >= 0.6 is 0 Å². The number of aliphatic hydroxyl groups excluding tert-OH is 1. The lowest BCUT2D eigenvalue weighted by Crippen LogP contribution is -2.39. The summed E-state index contributed by atoms with van der Waals surface area (Å²) in [7, 11) is 1.83. The van der Waals surface area contributed by atoms with Gasteiger partial charge in [0.2, 0.25) is 0 Å². The number of aliphatic hydroxyl groups is 1. The average Bonchev–Trinajstić information content (AvgIpc) is 2.83. The van der Waals surface area contributed by atoms with E-state index in [-0.39, 0.29) is 11.7 Å². The Morgan fingerprint density at radius 2 is 1.96 bits per heavy atom. The van der Waals surface area contributed by atoms with Crippen LogP contribution in [0.3, 0.4) is 0 Å². The van der Waals surface area contributed by atoms with Gasteiger partial charge in [-0.3, -0.25) is 9.13 Å². The molecule has 2 atom stereocenters. The summed E-state index contributed by atoms with van der Waals surface area (Å²) in [4.78, 5) is 12.8. The number of benzene rings is 2. The molecule has 1 aliphatic heterocycles. The summed E-state index contributed by atoms with van der Waals surface area (Å²) in [5.41, 5.74) is 3.85. The summed E-state index contributed by atoms with van der Waals surface area (Å²) in [5, 5.41) is 13.5. The molecule has 5 nitrogen and oxygen atoms in total. The molecule has 0 fully saturated rings. The fraction of sp³-hybridized carbons (Fsp3) is 0.278. The van der Waals surface area contributed by atoms with Crippen molar-refractivity contribution in [2.24, 2.45) is 0 Å². The van der Waals surface area contributed by atoms with Crippen molar-refractivity contribution in [2.75, 3.05) is 7.05 Å². The third kappa shape index (κ3) is 2.12. The van der Waals surface area contributed by atoms with Crippen LogP contribution in [0.15, 0.2) is 53.3 Å². The van der Waals surface area contributed by atoms with Crippen LogP contribution in [-0.4, -0.2) is 27.4 Å². The first-order chi connectivity index (χ1) is 11.2.